The van der Waals surface area contributed by atoms with E-state index in [9.17, 15) is 14.9 Å². The van der Waals surface area contributed by atoms with Crippen LogP contribution in [-0.4, -0.2) is 23.8 Å². The summed E-state index contributed by atoms with van der Waals surface area (Å²) in [5.74, 6) is 1.03. The van der Waals surface area contributed by atoms with Crippen molar-refractivity contribution >= 4 is 29.1 Å². The van der Waals surface area contributed by atoms with Crippen molar-refractivity contribution in [3.05, 3.63) is 49.2 Å². The predicted octanol–water partition coefficient (Wildman–Crippen LogP) is 4.30. The van der Waals surface area contributed by atoms with Gasteiger partial charge in [-0.25, -0.2) is 5.43 Å². The Hall–Kier alpha value is -2.94. The van der Waals surface area contributed by atoms with Crippen LogP contribution in [0.25, 0.3) is 0 Å². The third-order valence-corrected chi connectivity index (χ3v) is 6.76. The van der Waals surface area contributed by atoms with Gasteiger partial charge in [-0.2, -0.15) is 5.10 Å². The largest absolute Gasteiger partial charge is 0.454 e. The maximum atomic E-state index is 12.7. The number of nitro groups is 1. The molecule has 2 aliphatic rings. The zero-order valence-corrected chi connectivity index (χ0v) is 17.9. The molecule has 1 aliphatic carbocycles. The van der Waals surface area contributed by atoms with Gasteiger partial charge in [-0.05, 0) is 42.2 Å². The van der Waals surface area contributed by atoms with Gasteiger partial charge in [0.2, 0.25) is 6.79 Å². The van der Waals surface area contributed by atoms with E-state index < -0.39 is 4.92 Å². The summed E-state index contributed by atoms with van der Waals surface area (Å²) in [5.41, 5.74) is 4.54. The maximum absolute atomic E-state index is 12.7. The number of nitrogens with one attached hydrogen (secondary N) is 1. The highest BCUT2D eigenvalue weighted by molar-refractivity contribution is 7.10. The Bertz CT molecular complexity index is 1040. The Morgan fingerprint density at radius 2 is 2.07 bits per heavy atom. The average molecular weight is 429 g/mol. The smallest absolute Gasteiger partial charge is 0.282 e. The Morgan fingerprint density at radius 1 is 1.33 bits per heavy atom. The van der Waals surface area contributed by atoms with E-state index in [2.05, 4.69) is 31.3 Å². The third-order valence-electron chi connectivity index (χ3n) is 5.71. The molecular weight excluding hydrogens is 406 g/mol. The quantitative estimate of drug-likeness (QED) is 0.443. The second-order valence-corrected chi connectivity index (χ2v) is 9.54. The summed E-state index contributed by atoms with van der Waals surface area (Å²) in [5, 5.41) is 17.2. The van der Waals surface area contributed by atoms with Crippen LogP contribution < -0.4 is 14.9 Å². The van der Waals surface area contributed by atoms with E-state index in [1.807, 2.05) is 5.38 Å². The highest BCUT2D eigenvalue weighted by atomic mass is 32.1. The standard InChI is InChI=1S/C21H23N3O5S/c1-21(2,3)13-4-5-14-15(10-30-19(14)7-13)20(25)23-22-9-12-6-17-18(29-11-28-17)8-16(12)24(26)27/h6,8-10,13H,4-5,7,11H2,1-3H3,(H,23,25)/b22-9+/t13-/m1/s1. The summed E-state index contributed by atoms with van der Waals surface area (Å²) in [7, 11) is 0. The van der Waals surface area contributed by atoms with Gasteiger partial charge in [0.05, 0.1) is 28.3 Å². The molecule has 0 bridgehead atoms. The van der Waals surface area contributed by atoms with Crippen LogP contribution in [0.2, 0.25) is 0 Å². The van der Waals surface area contributed by atoms with Crippen LogP contribution in [0.1, 0.15) is 53.6 Å². The van der Waals surface area contributed by atoms with E-state index in [4.69, 9.17) is 9.47 Å². The van der Waals surface area contributed by atoms with Gasteiger partial charge in [0.25, 0.3) is 11.6 Å². The SMILES string of the molecule is CC(C)(C)[C@@H]1CCc2c(C(=O)N/N=C/c3cc4c(cc3[N+](=O)[O-])OCO4)csc2C1. The molecule has 1 aliphatic heterocycles. The molecule has 1 aromatic heterocycles. The summed E-state index contributed by atoms with van der Waals surface area (Å²) in [6.07, 6.45) is 4.18. The molecule has 1 atom stereocenters. The van der Waals surface area contributed by atoms with Gasteiger partial charge >= 0.3 is 0 Å². The van der Waals surface area contributed by atoms with Crippen molar-refractivity contribution in [1.29, 1.82) is 0 Å². The Balaban J connectivity index is 1.49. The normalized spacial score (nSPS) is 17.8. The van der Waals surface area contributed by atoms with E-state index in [1.165, 1.54) is 23.2 Å². The minimum Gasteiger partial charge on any atom is -0.454 e. The summed E-state index contributed by atoms with van der Waals surface area (Å²) in [6.45, 7) is 6.79. The zero-order valence-electron chi connectivity index (χ0n) is 17.1. The molecule has 0 unspecified atom stereocenters. The lowest BCUT2D eigenvalue weighted by atomic mass is 9.72. The van der Waals surface area contributed by atoms with Crippen molar-refractivity contribution in [1.82, 2.24) is 5.43 Å². The van der Waals surface area contributed by atoms with Crippen LogP contribution in [0.4, 0.5) is 5.69 Å². The van der Waals surface area contributed by atoms with Crippen LogP contribution in [0.15, 0.2) is 22.6 Å². The lowest BCUT2D eigenvalue weighted by molar-refractivity contribution is -0.385. The monoisotopic (exact) mass is 429 g/mol. The first-order valence-electron chi connectivity index (χ1n) is 9.74. The van der Waals surface area contributed by atoms with E-state index >= 15 is 0 Å². The topological polar surface area (TPSA) is 103 Å². The Kier molecular flexibility index (Phi) is 5.23. The molecule has 4 rings (SSSR count). The number of hydrazone groups is 1. The van der Waals surface area contributed by atoms with Gasteiger partial charge in [0, 0.05) is 10.3 Å². The number of benzene rings is 1. The molecule has 30 heavy (non-hydrogen) atoms. The molecule has 0 saturated carbocycles. The average Bonchev–Trinajstić information content (AvgIpc) is 3.32. The first-order chi connectivity index (χ1) is 14.2. The second-order valence-electron chi connectivity index (χ2n) is 8.58. The minimum absolute atomic E-state index is 0.0170. The highest BCUT2D eigenvalue weighted by Gasteiger charge is 2.31. The molecule has 0 saturated heterocycles. The van der Waals surface area contributed by atoms with E-state index in [0.717, 1.165) is 24.8 Å². The molecule has 2 aromatic rings. The number of ether oxygens (including phenoxy) is 2. The third kappa shape index (κ3) is 3.89. The van der Waals surface area contributed by atoms with Gasteiger partial charge in [0.1, 0.15) is 0 Å². The number of carbonyl (C=O) groups is 1. The van der Waals surface area contributed by atoms with Crippen molar-refractivity contribution < 1.29 is 19.2 Å². The molecule has 0 spiro atoms. The predicted molar refractivity (Wildman–Crippen MR) is 114 cm³/mol. The van der Waals surface area contributed by atoms with Gasteiger partial charge in [-0.3, -0.25) is 14.9 Å². The lowest BCUT2D eigenvalue weighted by Crippen LogP contribution is -2.27. The number of nitrogens with zero attached hydrogens (tertiary/aromatic N) is 2. The molecule has 0 radical (unpaired) electrons. The molecule has 1 N–H and O–H groups in total. The molecule has 9 heteroatoms. The van der Waals surface area contributed by atoms with Gasteiger partial charge in [-0.1, -0.05) is 20.8 Å². The summed E-state index contributed by atoms with van der Waals surface area (Å²) in [6, 6.07) is 2.78. The maximum Gasteiger partial charge on any atom is 0.282 e. The summed E-state index contributed by atoms with van der Waals surface area (Å²) in [4.78, 5) is 24.7. The van der Waals surface area contributed by atoms with E-state index in [0.29, 0.717) is 23.0 Å². The summed E-state index contributed by atoms with van der Waals surface area (Å²) >= 11 is 1.62. The van der Waals surface area contributed by atoms with Gasteiger partial charge < -0.3 is 9.47 Å². The van der Waals surface area contributed by atoms with Gasteiger partial charge in [-0.15, -0.1) is 11.3 Å². The fourth-order valence-corrected chi connectivity index (χ4v) is 5.03. The molecule has 8 nitrogen and oxygen atoms in total. The molecule has 1 aromatic carbocycles. The Morgan fingerprint density at radius 3 is 2.77 bits per heavy atom. The van der Waals surface area contributed by atoms with Crippen molar-refractivity contribution in [3.63, 3.8) is 0 Å². The van der Waals surface area contributed by atoms with Crippen molar-refractivity contribution in [2.24, 2.45) is 16.4 Å². The number of hydrogen-bond donors (Lipinski definition) is 1. The summed E-state index contributed by atoms with van der Waals surface area (Å²) < 4.78 is 10.4. The number of fused-ring (bicyclic) bond motifs is 2. The van der Waals surface area contributed by atoms with Crippen molar-refractivity contribution in [3.8, 4) is 11.5 Å². The van der Waals surface area contributed by atoms with Crippen LogP contribution in [0.3, 0.4) is 0 Å². The fraction of sp³-hybridized carbons (Fsp3) is 0.429. The molecular formula is C21H23N3O5S. The molecule has 2 heterocycles. The zero-order chi connectivity index (χ0) is 21.5. The first-order valence-corrected chi connectivity index (χ1v) is 10.6. The van der Waals surface area contributed by atoms with E-state index in [1.54, 1.807) is 11.3 Å². The number of amides is 1. The van der Waals surface area contributed by atoms with Crippen LogP contribution in [-0.2, 0) is 12.8 Å². The minimum atomic E-state index is -0.522. The number of thiophene rings is 1. The van der Waals surface area contributed by atoms with Crippen LogP contribution >= 0.6 is 11.3 Å². The van der Waals surface area contributed by atoms with Crippen LogP contribution in [0, 0.1) is 21.4 Å². The highest BCUT2D eigenvalue weighted by Crippen LogP contribution is 2.40. The number of rotatable bonds is 4. The molecule has 1 amide bonds. The molecule has 158 valence electrons. The van der Waals surface area contributed by atoms with Crippen molar-refractivity contribution in [2.75, 3.05) is 6.79 Å². The van der Waals surface area contributed by atoms with Gasteiger partial charge in [0.15, 0.2) is 11.5 Å². The lowest BCUT2D eigenvalue weighted by Gasteiger charge is -2.33. The van der Waals surface area contributed by atoms with Crippen molar-refractivity contribution in [2.45, 2.75) is 40.0 Å². The second kappa shape index (κ2) is 7.71. The number of carbonyl (C=O) groups excluding carboxylic acids is 1. The number of hydrogen-bond acceptors (Lipinski definition) is 7. The van der Waals surface area contributed by atoms with E-state index in [-0.39, 0.29) is 29.4 Å². The Labute approximate surface area is 178 Å². The first kappa shape index (κ1) is 20.3. The van der Waals surface area contributed by atoms with Crippen LogP contribution in [0.5, 0.6) is 11.5 Å². The molecule has 0 fully saturated rings. The number of nitro benzene ring substituents is 1. The fourth-order valence-electron chi connectivity index (χ4n) is 3.87.